The quantitative estimate of drug-likeness (QED) is 0.190. The first kappa shape index (κ1) is 30.6. The zero-order valence-corrected chi connectivity index (χ0v) is 25.5. The first-order chi connectivity index (χ1) is 20.5. The molecule has 9 nitrogen and oxygen atoms in total. The number of carbonyl (C=O) groups is 1. The lowest BCUT2D eigenvalue weighted by atomic mass is 9.87. The maximum Gasteiger partial charge on any atom is 0.213 e. The second kappa shape index (κ2) is 15.1. The number of anilines is 2. The second-order valence-corrected chi connectivity index (χ2v) is 10.9. The number of aryl methyl sites for hydroxylation is 1. The number of nitrogens with zero attached hydrogens (tertiary/aromatic N) is 5. The summed E-state index contributed by atoms with van der Waals surface area (Å²) in [6.07, 6.45) is 7.26. The lowest BCUT2D eigenvalue weighted by Crippen LogP contribution is -2.16. The number of rotatable bonds is 7. The number of ether oxygens (including phenoxy) is 1. The Hall–Kier alpha value is -4.31. The predicted octanol–water partition coefficient (Wildman–Crippen LogP) is 7.45. The lowest BCUT2D eigenvalue weighted by Gasteiger charge is -2.27. The Balaban J connectivity index is 0.000000313. The Morgan fingerprint density at radius 1 is 1.05 bits per heavy atom. The molecule has 0 aliphatic heterocycles. The highest BCUT2D eigenvalue weighted by Gasteiger charge is 2.23. The van der Waals surface area contributed by atoms with Crippen LogP contribution in [-0.2, 0) is 11.4 Å². The smallest absolute Gasteiger partial charge is 0.213 e. The molecule has 10 heteroatoms. The van der Waals surface area contributed by atoms with Crippen molar-refractivity contribution >= 4 is 39.9 Å². The van der Waals surface area contributed by atoms with Crippen LogP contribution < -0.4 is 15.8 Å². The van der Waals surface area contributed by atoms with E-state index in [4.69, 9.17) is 15.5 Å². The SMILES string of the molecule is CC.CC1CCC(n2cnc3c(N)nc(-c4cccc(OCc5ccccc5)c4)nc32)CC1.Cc1csc(NC=O)n1. The molecular formula is C32H39N7O2S. The van der Waals surface area contributed by atoms with Crippen LogP contribution >= 0.6 is 11.3 Å². The number of aromatic nitrogens is 5. The molecule has 3 N–H and O–H groups in total. The van der Waals surface area contributed by atoms with Crippen molar-refractivity contribution in [2.75, 3.05) is 11.1 Å². The fourth-order valence-electron chi connectivity index (χ4n) is 4.79. The molecule has 0 spiro atoms. The number of carbonyl (C=O) groups excluding carboxylic acids is 1. The zero-order chi connectivity index (χ0) is 29.9. The van der Waals surface area contributed by atoms with Gasteiger partial charge in [-0.1, -0.05) is 63.2 Å². The van der Waals surface area contributed by atoms with Crippen molar-refractivity contribution in [2.24, 2.45) is 5.92 Å². The molecule has 0 radical (unpaired) electrons. The summed E-state index contributed by atoms with van der Waals surface area (Å²) < 4.78 is 8.17. The highest BCUT2D eigenvalue weighted by molar-refractivity contribution is 7.13. The van der Waals surface area contributed by atoms with E-state index in [1.807, 2.05) is 74.9 Å². The third-order valence-electron chi connectivity index (χ3n) is 6.97. The van der Waals surface area contributed by atoms with E-state index in [0.717, 1.165) is 47.0 Å². The van der Waals surface area contributed by atoms with Crippen LogP contribution in [0.4, 0.5) is 10.9 Å². The van der Waals surface area contributed by atoms with Crippen LogP contribution in [0.15, 0.2) is 66.3 Å². The van der Waals surface area contributed by atoms with Gasteiger partial charge in [-0.25, -0.2) is 19.9 Å². The molecule has 5 aromatic rings. The second-order valence-electron chi connectivity index (χ2n) is 10.0. The van der Waals surface area contributed by atoms with Crippen molar-refractivity contribution in [2.45, 2.75) is 66.0 Å². The molecule has 0 saturated heterocycles. The molecule has 1 aliphatic rings. The van der Waals surface area contributed by atoms with Gasteiger partial charge in [-0.2, -0.15) is 0 Å². The largest absolute Gasteiger partial charge is 0.489 e. The minimum Gasteiger partial charge on any atom is -0.489 e. The van der Waals surface area contributed by atoms with Gasteiger partial charge in [0.15, 0.2) is 22.4 Å². The number of nitrogens with one attached hydrogen (secondary N) is 1. The molecule has 0 bridgehead atoms. The molecule has 0 atom stereocenters. The topological polar surface area (TPSA) is 121 Å². The van der Waals surface area contributed by atoms with E-state index in [2.05, 4.69) is 43.9 Å². The van der Waals surface area contributed by atoms with Gasteiger partial charge in [0.1, 0.15) is 17.9 Å². The normalized spacial score (nSPS) is 16.0. The van der Waals surface area contributed by atoms with Crippen LogP contribution in [0.25, 0.3) is 22.6 Å². The number of nitrogen functional groups attached to an aromatic ring is 1. The van der Waals surface area contributed by atoms with Gasteiger partial charge in [0.2, 0.25) is 6.41 Å². The molecule has 3 heterocycles. The first-order valence-electron chi connectivity index (χ1n) is 14.4. The van der Waals surface area contributed by atoms with Gasteiger partial charge in [0.25, 0.3) is 0 Å². The Kier molecular flexibility index (Phi) is 11.0. The molecule has 3 aromatic heterocycles. The minimum absolute atomic E-state index is 0.415. The van der Waals surface area contributed by atoms with E-state index in [0.29, 0.717) is 41.3 Å². The van der Waals surface area contributed by atoms with E-state index in [9.17, 15) is 4.79 Å². The molecule has 1 amide bonds. The number of amides is 1. The number of fused-ring (bicyclic) bond motifs is 1. The summed E-state index contributed by atoms with van der Waals surface area (Å²) in [4.78, 5) is 27.7. The first-order valence-corrected chi connectivity index (χ1v) is 15.3. The van der Waals surface area contributed by atoms with Gasteiger partial charge < -0.3 is 20.4 Å². The van der Waals surface area contributed by atoms with Crippen molar-refractivity contribution in [1.82, 2.24) is 24.5 Å². The van der Waals surface area contributed by atoms with Crippen LogP contribution in [0, 0.1) is 12.8 Å². The Labute approximate surface area is 251 Å². The lowest BCUT2D eigenvalue weighted by molar-refractivity contribution is -0.105. The van der Waals surface area contributed by atoms with Crippen LogP contribution in [0.1, 0.15) is 63.8 Å². The van der Waals surface area contributed by atoms with Crippen molar-refractivity contribution < 1.29 is 9.53 Å². The molecule has 1 fully saturated rings. The minimum atomic E-state index is 0.415. The van der Waals surface area contributed by atoms with Gasteiger partial charge in [-0.15, -0.1) is 11.3 Å². The molecule has 0 unspecified atom stereocenters. The third-order valence-corrected chi connectivity index (χ3v) is 7.86. The maximum absolute atomic E-state index is 9.84. The Morgan fingerprint density at radius 2 is 1.81 bits per heavy atom. The van der Waals surface area contributed by atoms with E-state index < -0.39 is 0 Å². The van der Waals surface area contributed by atoms with Crippen molar-refractivity contribution in [3.8, 4) is 17.1 Å². The predicted molar refractivity (Wildman–Crippen MR) is 171 cm³/mol. The number of hydrogen-bond acceptors (Lipinski definition) is 8. The highest BCUT2D eigenvalue weighted by atomic mass is 32.1. The number of nitrogens with two attached hydrogens (primary N) is 1. The zero-order valence-electron chi connectivity index (χ0n) is 24.7. The highest BCUT2D eigenvalue weighted by Crippen LogP contribution is 2.34. The number of benzene rings is 2. The summed E-state index contributed by atoms with van der Waals surface area (Å²) in [7, 11) is 0. The molecular weight excluding hydrogens is 546 g/mol. The van der Waals surface area contributed by atoms with Gasteiger partial charge in [0.05, 0.1) is 12.0 Å². The van der Waals surface area contributed by atoms with E-state index in [-0.39, 0.29) is 0 Å². The molecule has 6 rings (SSSR count). The summed E-state index contributed by atoms with van der Waals surface area (Å²) in [5, 5.41) is 4.99. The van der Waals surface area contributed by atoms with Crippen LogP contribution in [0.3, 0.4) is 0 Å². The summed E-state index contributed by atoms with van der Waals surface area (Å²) in [6.45, 7) is 8.72. The number of thiazole rings is 1. The summed E-state index contributed by atoms with van der Waals surface area (Å²) >= 11 is 1.42. The van der Waals surface area contributed by atoms with Crippen LogP contribution in [0.5, 0.6) is 5.75 Å². The van der Waals surface area contributed by atoms with E-state index in [1.165, 1.54) is 24.2 Å². The van der Waals surface area contributed by atoms with Gasteiger partial charge >= 0.3 is 0 Å². The molecule has 1 saturated carbocycles. The van der Waals surface area contributed by atoms with Gasteiger partial charge in [-0.3, -0.25) is 4.79 Å². The fourth-order valence-corrected chi connectivity index (χ4v) is 5.44. The maximum atomic E-state index is 9.84. The summed E-state index contributed by atoms with van der Waals surface area (Å²) in [5.41, 5.74) is 10.7. The average Bonchev–Trinajstić information content (AvgIpc) is 3.65. The van der Waals surface area contributed by atoms with Crippen LogP contribution in [0.2, 0.25) is 0 Å². The Morgan fingerprint density at radius 3 is 2.50 bits per heavy atom. The van der Waals surface area contributed by atoms with Crippen molar-refractivity contribution in [1.29, 1.82) is 0 Å². The molecule has 2 aromatic carbocycles. The molecule has 220 valence electrons. The standard InChI is InChI=1S/C25H27N5O.C5H6N2OS.C2H6/c1-17-10-12-20(13-11-17)30-16-27-22-23(26)28-24(29-25(22)30)19-8-5-9-21(14-19)31-15-18-6-3-2-4-7-18;1-4-2-9-5(7-4)6-3-8;1-2/h2-9,14,16-17,20H,10-13,15H2,1H3,(H2,26,28,29);2-3H,1H3,(H,6,7,8);1-2H3. The van der Waals surface area contributed by atoms with Crippen molar-refractivity contribution in [3.63, 3.8) is 0 Å². The molecule has 42 heavy (non-hydrogen) atoms. The Bertz CT molecular complexity index is 1560. The van der Waals surface area contributed by atoms with E-state index in [1.54, 1.807) is 0 Å². The summed E-state index contributed by atoms with van der Waals surface area (Å²) in [6, 6.07) is 18.4. The fraction of sp³-hybridized carbons (Fsp3) is 0.344. The monoisotopic (exact) mass is 585 g/mol. The average molecular weight is 586 g/mol. The summed E-state index contributed by atoms with van der Waals surface area (Å²) in [5.74, 6) is 2.58. The van der Waals surface area contributed by atoms with Crippen molar-refractivity contribution in [3.05, 3.63) is 77.6 Å². The third kappa shape index (κ3) is 7.91. The van der Waals surface area contributed by atoms with Crippen LogP contribution in [-0.4, -0.2) is 30.9 Å². The van der Waals surface area contributed by atoms with Gasteiger partial charge in [0, 0.05) is 17.0 Å². The van der Waals surface area contributed by atoms with E-state index >= 15 is 0 Å². The number of hydrogen-bond donors (Lipinski definition) is 2. The molecule has 1 aliphatic carbocycles. The van der Waals surface area contributed by atoms with Gasteiger partial charge in [-0.05, 0) is 56.2 Å². The number of imidazole rings is 1.